The van der Waals surface area contributed by atoms with Crippen molar-refractivity contribution in [2.75, 3.05) is 33.4 Å². The number of benzene rings is 1. The summed E-state index contributed by atoms with van der Waals surface area (Å²) >= 11 is 0. The summed E-state index contributed by atoms with van der Waals surface area (Å²) in [4.78, 5) is 13.2. The summed E-state index contributed by atoms with van der Waals surface area (Å²) in [5.74, 6) is 0.514. The van der Waals surface area contributed by atoms with Crippen molar-refractivity contribution in [3.05, 3.63) is 35.9 Å². The molecule has 0 spiro atoms. The first-order valence-corrected chi connectivity index (χ1v) is 8.09. The minimum absolute atomic E-state index is 0.377. The van der Waals surface area contributed by atoms with Gasteiger partial charge in [0.1, 0.15) is 0 Å². The molecule has 1 N–H and O–H groups in total. The van der Waals surface area contributed by atoms with Crippen LogP contribution in [-0.2, 0) is 22.5 Å². The van der Waals surface area contributed by atoms with Crippen molar-refractivity contribution < 1.29 is 24.1 Å². The Morgan fingerprint density at radius 1 is 1.54 bits per heavy atom. The Morgan fingerprint density at radius 2 is 2.33 bits per heavy atom. The molecule has 0 bridgehead atoms. The molecular formula is C18H25NO5. The van der Waals surface area contributed by atoms with Gasteiger partial charge in [0.15, 0.2) is 17.6 Å². The summed E-state index contributed by atoms with van der Waals surface area (Å²) in [5.41, 5.74) is 2.07. The highest BCUT2D eigenvalue weighted by Crippen LogP contribution is 2.34. The molecule has 2 rings (SSSR count). The van der Waals surface area contributed by atoms with Crippen LogP contribution in [0.3, 0.4) is 0 Å². The van der Waals surface area contributed by atoms with E-state index in [2.05, 4.69) is 17.5 Å². The number of carboxylic acid groups (broad SMARTS) is 1. The highest BCUT2D eigenvalue weighted by molar-refractivity contribution is 5.72. The van der Waals surface area contributed by atoms with E-state index < -0.39 is 12.1 Å². The van der Waals surface area contributed by atoms with Crippen molar-refractivity contribution in [2.45, 2.75) is 26.0 Å². The third kappa shape index (κ3) is 4.49. The van der Waals surface area contributed by atoms with E-state index in [1.165, 1.54) is 0 Å². The van der Waals surface area contributed by atoms with Gasteiger partial charge in [-0.2, -0.15) is 0 Å². The lowest BCUT2D eigenvalue weighted by molar-refractivity contribution is -0.156. The Balaban J connectivity index is 2.22. The molecule has 0 radical (unpaired) electrons. The molecule has 1 fully saturated rings. The quantitative estimate of drug-likeness (QED) is 0.734. The summed E-state index contributed by atoms with van der Waals surface area (Å²) < 4.78 is 16.5. The van der Waals surface area contributed by atoms with Gasteiger partial charge in [0.2, 0.25) is 0 Å². The Morgan fingerprint density at radius 3 is 2.96 bits per heavy atom. The van der Waals surface area contributed by atoms with Crippen LogP contribution in [0.4, 0.5) is 0 Å². The number of morpholine rings is 1. The van der Waals surface area contributed by atoms with Crippen molar-refractivity contribution >= 4 is 5.97 Å². The molecule has 0 unspecified atom stereocenters. The number of aliphatic carboxylic acids is 1. The minimum atomic E-state index is -0.920. The normalized spacial score (nSPS) is 18.2. The molecule has 1 saturated heterocycles. The van der Waals surface area contributed by atoms with Crippen LogP contribution in [0.5, 0.6) is 11.5 Å². The standard InChI is InChI=1S/C18H25NO5/c1-4-6-14-9-13(10-15(23-5-2)17(14)22-3)11-19-7-8-24-16(12-19)18(20)21/h4,9-10,16H,1,5-8,11-12H2,2-3H3,(H,20,21)/t16-/m0/s1. The largest absolute Gasteiger partial charge is 0.493 e. The highest BCUT2D eigenvalue weighted by atomic mass is 16.5. The zero-order chi connectivity index (χ0) is 17.5. The van der Waals surface area contributed by atoms with E-state index in [1.54, 1.807) is 7.11 Å². The van der Waals surface area contributed by atoms with Gasteiger partial charge in [-0.15, -0.1) is 6.58 Å². The van der Waals surface area contributed by atoms with Crippen LogP contribution in [0, 0.1) is 0 Å². The maximum absolute atomic E-state index is 11.1. The molecule has 0 aliphatic carbocycles. The van der Waals surface area contributed by atoms with Crippen LogP contribution < -0.4 is 9.47 Å². The number of allylic oxidation sites excluding steroid dienone is 1. The third-order valence-corrected chi connectivity index (χ3v) is 3.89. The molecule has 1 aliphatic heterocycles. The number of hydrogen-bond acceptors (Lipinski definition) is 5. The van der Waals surface area contributed by atoms with E-state index in [-0.39, 0.29) is 0 Å². The second-order valence-corrected chi connectivity index (χ2v) is 5.64. The molecule has 0 aromatic heterocycles. The topological polar surface area (TPSA) is 68.2 Å². The molecule has 24 heavy (non-hydrogen) atoms. The average molecular weight is 335 g/mol. The van der Waals surface area contributed by atoms with Gasteiger partial charge in [-0.05, 0) is 25.0 Å². The monoisotopic (exact) mass is 335 g/mol. The Bertz CT molecular complexity index is 587. The smallest absolute Gasteiger partial charge is 0.334 e. The summed E-state index contributed by atoms with van der Waals surface area (Å²) in [6.07, 6.45) is 1.74. The Kier molecular flexibility index (Phi) is 6.63. The van der Waals surface area contributed by atoms with Crippen LogP contribution in [0.25, 0.3) is 0 Å². The van der Waals surface area contributed by atoms with Crippen molar-refractivity contribution in [2.24, 2.45) is 0 Å². The van der Waals surface area contributed by atoms with Crippen molar-refractivity contribution in [3.8, 4) is 11.5 Å². The van der Waals surface area contributed by atoms with Crippen molar-refractivity contribution in [1.29, 1.82) is 0 Å². The van der Waals surface area contributed by atoms with Gasteiger partial charge < -0.3 is 19.3 Å². The van der Waals surface area contributed by atoms with E-state index >= 15 is 0 Å². The van der Waals surface area contributed by atoms with Gasteiger partial charge in [0.25, 0.3) is 0 Å². The van der Waals surface area contributed by atoms with Gasteiger partial charge in [0, 0.05) is 25.2 Å². The zero-order valence-electron chi connectivity index (χ0n) is 14.3. The molecule has 6 heteroatoms. The summed E-state index contributed by atoms with van der Waals surface area (Å²) in [6, 6.07) is 4.02. The fourth-order valence-electron chi connectivity index (χ4n) is 2.87. The van der Waals surface area contributed by atoms with Gasteiger partial charge in [0.05, 0.1) is 20.3 Å². The number of methoxy groups -OCH3 is 1. The molecule has 1 aliphatic rings. The molecule has 1 heterocycles. The summed E-state index contributed by atoms with van der Waals surface area (Å²) in [6.45, 7) is 8.41. The summed E-state index contributed by atoms with van der Waals surface area (Å²) in [5, 5.41) is 9.12. The van der Waals surface area contributed by atoms with E-state index in [1.807, 2.05) is 19.1 Å². The lowest BCUT2D eigenvalue weighted by Gasteiger charge is -2.31. The fraction of sp³-hybridized carbons (Fsp3) is 0.500. The van der Waals surface area contributed by atoms with Crippen LogP contribution in [-0.4, -0.2) is 55.5 Å². The van der Waals surface area contributed by atoms with E-state index in [4.69, 9.17) is 19.3 Å². The molecular weight excluding hydrogens is 310 g/mol. The van der Waals surface area contributed by atoms with Gasteiger partial charge in [-0.1, -0.05) is 12.1 Å². The molecule has 1 aromatic carbocycles. The Hall–Kier alpha value is -2.05. The van der Waals surface area contributed by atoms with Crippen molar-refractivity contribution in [1.82, 2.24) is 4.90 Å². The fourth-order valence-corrected chi connectivity index (χ4v) is 2.87. The number of rotatable bonds is 8. The Labute approximate surface area is 142 Å². The SMILES string of the molecule is C=CCc1cc(CN2CCO[C@H](C(=O)O)C2)cc(OCC)c1OC. The average Bonchev–Trinajstić information content (AvgIpc) is 2.56. The second kappa shape index (κ2) is 8.70. The number of ether oxygens (including phenoxy) is 3. The predicted octanol–water partition coefficient (Wildman–Crippen LogP) is 2.11. The molecule has 6 nitrogen and oxygen atoms in total. The van der Waals surface area contributed by atoms with Crippen LogP contribution in [0.1, 0.15) is 18.1 Å². The maximum Gasteiger partial charge on any atom is 0.334 e. The molecule has 0 saturated carbocycles. The lowest BCUT2D eigenvalue weighted by atomic mass is 10.0. The predicted molar refractivity (Wildman–Crippen MR) is 90.7 cm³/mol. The number of hydrogen-bond donors (Lipinski definition) is 1. The van der Waals surface area contributed by atoms with Crippen LogP contribution in [0.2, 0.25) is 0 Å². The van der Waals surface area contributed by atoms with Crippen LogP contribution in [0.15, 0.2) is 24.8 Å². The van der Waals surface area contributed by atoms with Gasteiger partial charge in [-0.3, -0.25) is 4.90 Å². The van der Waals surface area contributed by atoms with Crippen molar-refractivity contribution in [3.63, 3.8) is 0 Å². The van der Waals surface area contributed by atoms with E-state index in [9.17, 15) is 4.79 Å². The number of carboxylic acids is 1. The van der Waals surface area contributed by atoms with E-state index in [0.717, 1.165) is 16.9 Å². The van der Waals surface area contributed by atoms with Gasteiger partial charge >= 0.3 is 5.97 Å². The first kappa shape index (κ1) is 18.3. The molecule has 0 amide bonds. The maximum atomic E-state index is 11.1. The van der Waals surface area contributed by atoms with E-state index in [0.29, 0.717) is 45.0 Å². The highest BCUT2D eigenvalue weighted by Gasteiger charge is 2.26. The summed E-state index contributed by atoms with van der Waals surface area (Å²) in [7, 11) is 1.63. The zero-order valence-corrected chi connectivity index (χ0v) is 14.3. The number of nitrogens with zero attached hydrogens (tertiary/aromatic N) is 1. The first-order chi connectivity index (χ1) is 11.6. The van der Waals surface area contributed by atoms with Gasteiger partial charge in [-0.25, -0.2) is 4.79 Å². The van der Waals surface area contributed by atoms with Crippen LogP contribution >= 0.6 is 0 Å². The third-order valence-electron chi connectivity index (χ3n) is 3.89. The lowest BCUT2D eigenvalue weighted by Crippen LogP contribution is -2.45. The first-order valence-electron chi connectivity index (χ1n) is 8.09. The molecule has 1 aromatic rings. The molecule has 1 atom stereocenters. The minimum Gasteiger partial charge on any atom is -0.493 e. The number of carbonyl (C=O) groups is 1. The molecule has 132 valence electrons. The second-order valence-electron chi connectivity index (χ2n) is 5.64.